The van der Waals surface area contributed by atoms with Crippen LogP contribution in [-0.2, 0) is 12.7 Å². The monoisotopic (exact) mass is 191 g/mol. The minimum Gasteiger partial charge on any atom is -0.325 e. The van der Waals surface area contributed by atoms with Crippen LogP contribution >= 0.6 is 0 Å². The molecule has 0 saturated heterocycles. The lowest BCUT2D eigenvalue weighted by atomic mass is 10.2. The molecule has 0 atom stereocenters. The SMILES string of the molecule is NCC[n+]1ccc(C(F)(F)F)cc1. The molecule has 0 aliphatic heterocycles. The molecule has 1 aromatic heterocycles. The molecule has 0 aromatic carbocycles. The van der Waals surface area contributed by atoms with Gasteiger partial charge in [0, 0.05) is 12.1 Å². The van der Waals surface area contributed by atoms with E-state index in [2.05, 4.69) is 0 Å². The van der Waals surface area contributed by atoms with Crippen LogP contribution in [0.3, 0.4) is 0 Å². The summed E-state index contributed by atoms with van der Waals surface area (Å²) in [4.78, 5) is 0. The number of aromatic nitrogens is 1. The van der Waals surface area contributed by atoms with Gasteiger partial charge in [-0.1, -0.05) is 0 Å². The van der Waals surface area contributed by atoms with Gasteiger partial charge in [-0.15, -0.1) is 0 Å². The first-order valence-corrected chi connectivity index (χ1v) is 3.80. The highest BCUT2D eigenvalue weighted by Crippen LogP contribution is 2.27. The fourth-order valence-corrected chi connectivity index (χ4v) is 0.944. The number of nitrogens with two attached hydrogens (primary N) is 1. The lowest BCUT2D eigenvalue weighted by Crippen LogP contribution is -2.36. The van der Waals surface area contributed by atoms with Gasteiger partial charge >= 0.3 is 6.18 Å². The lowest BCUT2D eigenvalue weighted by Gasteiger charge is -2.04. The van der Waals surface area contributed by atoms with Crippen molar-refractivity contribution in [2.45, 2.75) is 12.7 Å². The van der Waals surface area contributed by atoms with Gasteiger partial charge in [0.05, 0.1) is 12.1 Å². The summed E-state index contributed by atoms with van der Waals surface area (Å²) in [5, 5.41) is 0. The van der Waals surface area contributed by atoms with E-state index in [9.17, 15) is 13.2 Å². The van der Waals surface area contributed by atoms with Crippen molar-refractivity contribution in [2.75, 3.05) is 6.54 Å². The zero-order chi connectivity index (χ0) is 9.90. The van der Waals surface area contributed by atoms with Crippen LogP contribution in [0.2, 0.25) is 0 Å². The third kappa shape index (κ3) is 2.69. The first kappa shape index (κ1) is 9.98. The summed E-state index contributed by atoms with van der Waals surface area (Å²) in [5.41, 5.74) is 4.60. The van der Waals surface area contributed by atoms with E-state index in [1.165, 1.54) is 12.4 Å². The molecule has 0 bridgehead atoms. The van der Waals surface area contributed by atoms with Crippen molar-refractivity contribution in [3.05, 3.63) is 30.1 Å². The van der Waals surface area contributed by atoms with Crippen molar-refractivity contribution >= 4 is 0 Å². The molecule has 2 N–H and O–H groups in total. The number of alkyl halides is 3. The second-order valence-electron chi connectivity index (χ2n) is 2.61. The van der Waals surface area contributed by atoms with Crippen LogP contribution in [0.25, 0.3) is 0 Å². The fraction of sp³-hybridized carbons (Fsp3) is 0.375. The molecule has 0 saturated carbocycles. The molecule has 72 valence electrons. The Hall–Kier alpha value is -1.10. The van der Waals surface area contributed by atoms with E-state index in [1.54, 1.807) is 4.57 Å². The van der Waals surface area contributed by atoms with E-state index in [4.69, 9.17) is 5.73 Å². The summed E-state index contributed by atoms with van der Waals surface area (Å²) in [6.07, 6.45) is -1.52. The molecule has 0 fully saturated rings. The van der Waals surface area contributed by atoms with Crippen molar-refractivity contribution in [1.29, 1.82) is 0 Å². The van der Waals surface area contributed by atoms with Crippen LogP contribution in [0, 0.1) is 0 Å². The average molecular weight is 191 g/mol. The van der Waals surface area contributed by atoms with E-state index in [0.717, 1.165) is 12.1 Å². The first-order chi connectivity index (χ1) is 6.04. The van der Waals surface area contributed by atoms with E-state index < -0.39 is 11.7 Å². The van der Waals surface area contributed by atoms with Gasteiger partial charge in [-0.25, -0.2) is 4.57 Å². The van der Waals surface area contributed by atoms with Gasteiger partial charge < -0.3 is 5.73 Å². The maximum Gasteiger partial charge on any atom is 0.416 e. The lowest BCUT2D eigenvalue weighted by molar-refractivity contribution is -0.694. The van der Waals surface area contributed by atoms with Crippen molar-refractivity contribution in [2.24, 2.45) is 5.73 Å². The van der Waals surface area contributed by atoms with Gasteiger partial charge in [0.2, 0.25) is 0 Å². The predicted octanol–water partition coefficient (Wildman–Crippen LogP) is 0.952. The minimum absolute atomic E-state index is 0.413. The number of hydrogen-bond acceptors (Lipinski definition) is 1. The smallest absolute Gasteiger partial charge is 0.325 e. The van der Waals surface area contributed by atoms with Crippen LogP contribution in [-0.4, -0.2) is 6.54 Å². The molecular formula is C8H10F3N2+. The quantitative estimate of drug-likeness (QED) is 0.693. The highest BCUT2D eigenvalue weighted by atomic mass is 19.4. The van der Waals surface area contributed by atoms with E-state index in [1.807, 2.05) is 0 Å². The number of pyridine rings is 1. The number of halogens is 3. The summed E-state index contributed by atoms with van der Waals surface area (Å²) in [6.45, 7) is 0.939. The average Bonchev–Trinajstić information content (AvgIpc) is 2.04. The molecule has 0 aliphatic rings. The Bertz CT molecular complexity index is 266. The molecule has 0 spiro atoms. The van der Waals surface area contributed by atoms with Gasteiger partial charge in [0.25, 0.3) is 0 Å². The molecule has 13 heavy (non-hydrogen) atoms. The molecular weight excluding hydrogens is 181 g/mol. The predicted molar refractivity (Wildman–Crippen MR) is 40.7 cm³/mol. The van der Waals surface area contributed by atoms with Crippen LogP contribution < -0.4 is 10.3 Å². The van der Waals surface area contributed by atoms with E-state index in [0.29, 0.717) is 13.1 Å². The molecule has 0 aliphatic carbocycles. The van der Waals surface area contributed by atoms with Gasteiger partial charge in [0.1, 0.15) is 0 Å². The third-order valence-corrected chi connectivity index (χ3v) is 1.61. The van der Waals surface area contributed by atoms with Crippen LogP contribution in [0.15, 0.2) is 24.5 Å². The fourth-order valence-electron chi connectivity index (χ4n) is 0.944. The van der Waals surface area contributed by atoms with Gasteiger partial charge in [-0.2, -0.15) is 13.2 Å². The standard InChI is InChI=1S/C8H10F3N2/c9-8(10,11)7-1-4-13(5-2-7)6-3-12/h1-2,4-5H,3,6,12H2/q+1. The van der Waals surface area contributed by atoms with Crippen LogP contribution in [0.1, 0.15) is 5.56 Å². The molecule has 0 amide bonds. The van der Waals surface area contributed by atoms with Crippen molar-refractivity contribution in [1.82, 2.24) is 0 Å². The summed E-state index contributed by atoms with van der Waals surface area (Å²) >= 11 is 0. The first-order valence-electron chi connectivity index (χ1n) is 3.80. The number of rotatable bonds is 2. The van der Waals surface area contributed by atoms with Crippen molar-refractivity contribution in [3.8, 4) is 0 Å². The highest BCUT2D eigenvalue weighted by Gasteiger charge is 2.30. The Balaban J connectivity index is 2.81. The molecule has 1 rings (SSSR count). The summed E-state index contributed by atoms with van der Waals surface area (Å²) in [5.74, 6) is 0. The molecule has 0 radical (unpaired) electrons. The summed E-state index contributed by atoms with van der Waals surface area (Å²) in [6, 6.07) is 2.07. The summed E-state index contributed by atoms with van der Waals surface area (Å²) < 4.78 is 37.8. The summed E-state index contributed by atoms with van der Waals surface area (Å²) in [7, 11) is 0. The molecule has 2 nitrogen and oxygen atoms in total. The normalized spacial score (nSPS) is 11.7. The van der Waals surface area contributed by atoms with E-state index >= 15 is 0 Å². The number of nitrogens with zero attached hydrogens (tertiary/aromatic N) is 1. The third-order valence-electron chi connectivity index (χ3n) is 1.61. The minimum atomic E-state index is -4.26. The maximum absolute atomic E-state index is 12.1. The molecule has 1 heterocycles. The maximum atomic E-state index is 12.1. The second kappa shape index (κ2) is 3.74. The Morgan fingerprint density at radius 3 is 2.15 bits per heavy atom. The molecule has 0 unspecified atom stereocenters. The Labute approximate surface area is 73.8 Å². The van der Waals surface area contributed by atoms with Crippen molar-refractivity contribution < 1.29 is 17.7 Å². The zero-order valence-corrected chi connectivity index (χ0v) is 6.88. The largest absolute Gasteiger partial charge is 0.416 e. The van der Waals surface area contributed by atoms with Gasteiger partial charge in [0.15, 0.2) is 18.9 Å². The number of hydrogen-bond donors (Lipinski definition) is 1. The van der Waals surface area contributed by atoms with Crippen molar-refractivity contribution in [3.63, 3.8) is 0 Å². The Kier molecular flexibility index (Phi) is 2.87. The Morgan fingerprint density at radius 1 is 1.23 bits per heavy atom. The molecule has 5 heteroatoms. The zero-order valence-electron chi connectivity index (χ0n) is 6.88. The highest BCUT2D eigenvalue weighted by molar-refractivity contribution is 5.11. The topological polar surface area (TPSA) is 29.9 Å². The van der Waals surface area contributed by atoms with Crippen LogP contribution in [0.5, 0.6) is 0 Å². The van der Waals surface area contributed by atoms with Gasteiger partial charge in [-0.3, -0.25) is 0 Å². The van der Waals surface area contributed by atoms with E-state index in [-0.39, 0.29) is 0 Å². The second-order valence-corrected chi connectivity index (χ2v) is 2.61. The van der Waals surface area contributed by atoms with Gasteiger partial charge in [-0.05, 0) is 0 Å². The Morgan fingerprint density at radius 2 is 1.77 bits per heavy atom. The molecule has 1 aromatic rings. The van der Waals surface area contributed by atoms with Crippen LogP contribution in [0.4, 0.5) is 13.2 Å².